The number of aromatic nitrogens is 2. The highest BCUT2D eigenvalue weighted by Crippen LogP contribution is 2.11. The average Bonchev–Trinajstić information content (AvgIpc) is 2.41. The summed E-state index contributed by atoms with van der Waals surface area (Å²) in [5.41, 5.74) is 4.94. The van der Waals surface area contributed by atoms with Crippen LogP contribution in [0.2, 0.25) is 0 Å². The first-order valence-electron chi connectivity index (χ1n) is 5.69. The Bertz CT molecular complexity index is 548. The Morgan fingerprint density at radius 3 is 2.37 bits per heavy atom. The van der Waals surface area contributed by atoms with Gasteiger partial charge in [0, 0.05) is 32.2 Å². The van der Waals surface area contributed by atoms with Gasteiger partial charge in [0.25, 0.3) is 0 Å². The Morgan fingerprint density at radius 2 is 1.79 bits per heavy atom. The van der Waals surface area contributed by atoms with Crippen LogP contribution in [0, 0.1) is 0 Å². The highest BCUT2D eigenvalue weighted by Gasteiger charge is 1.95. The van der Waals surface area contributed by atoms with Crippen molar-refractivity contribution in [3.8, 4) is 0 Å². The van der Waals surface area contributed by atoms with Crippen molar-refractivity contribution in [2.45, 2.75) is 0 Å². The van der Waals surface area contributed by atoms with Gasteiger partial charge >= 0.3 is 0 Å². The van der Waals surface area contributed by atoms with E-state index >= 15 is 0 Å². The van der Waals surface area contributed by atoms with Crippen LogP contribution in [0.15, 0.2) is 46.2 Å². The van der Waals surface area contributed by atoms with Gasteiger partial charge in [-0.25, -0.2) is 15.4 Å². The second kappa shape index (κ2) is 6.29. The lowest BCUT2D eigenvalue weighted by Gasteiger charge is -2.11. The number of benzene rings is 1. The van der Waals surface area contributed by atoms with E-state index in [0.29, 0.717) is 5.95 Å². The average molecular weight is 320 g/mol. The minimum Gasteiger partial charge on any atom is -0.378 e. The quantitative estimate of drug-likeness (QED) is 0.695. The second-order valence-electron chi connectivity index (χ2n) is 4.08. The van der Waals surface area contributed by atoms with Gasteiger partial charge in [-0.3, -0.25) is 0 Å². The smallest absolute Gasteiger partial charge is 0.243 e. The molecule has 98 valence electrons. The van der Waals surface area contributed by atoms with E-state index in [1.165, 1.54) is 0 Å². The van der Waals surface area contributed by atoms with Gasteiger partial charge in [0.2, 0.25) is 5.95 Å². The molecular formula is C13H14BrN5. The summed E-state index contributed by atoms with van der Waals surface area (Å²) >= 11 is 3.27. The van der Waals surface area contributed by atoms with E-state index < -0.39 is 0 Å². The summed E-state index contributed by atoms with van der Waals surface area (Å²) in [6.07, 6.45) is 5.05. The number of halogens is 1. The molecule has 0 atom stereocenters. The number of hydrogen-bond donors (Lipinski definition) is 1. The number of rotatable bonds is 4. The molecule has 0 spiro atoms. The first-order valence-corrected chi connectivity index (χ1v) is 6.48. The molecule has 2 aromatic rings. The highest BCUT2D eigenvalue weighted by molar-refractivity contribution is 9.10. The Hall–Kier alpha value is -1.95. The fourth-order valence-electron chi connectivity index (χ4n) is 1.39. The fraction of sp³-hybridized carbons (Fsp3) is 0.154. The Balaban J connectivity index is 1.97. The first-order chi connectivity index (χ1) is 9.15. The Kier molecular flexibility index (Phi) is 4.46. The molecule has 6 heteroatoms. The summed E-state index contributed by atoms with van der Waals surface area (Å²) in [6, 6.07) is 8.08. The summed E-state index contributed by atoms with van der Waals surface area (Å²) in [4.78, 5) is 10.2. The Labute approximate surface area is 120 Å². The normalized spacial score (nSPS) is 10.7. The molecule has 5 nitrogen and oxygen atoms in total. The van der Waals surface area contributed by atoms with Crippen LogP contribution < -0.4 is 10.3 Å². The van der Waals surface area contributed by atoms with Gasteiger partial charge < -0.3 is 4.90 Å². The summed E-state index contributed by atoms with van der Waals surface area (Å²) in [5.74, 6) is 0.462. The zero-order valence-electron chi connectivity index (χ0n) is 10.7. The van der Waals surface area contributed by atoms with Gasteiger partial charge in [0.15, 0.2) is 0 Å². The minimum absolute atomic E-state index is 0.462. The van der Waals surface area contributed by atoms with Crippen molar-refractivity contribution in [2.75, 3.05) is 24.4 Å². The second-order valence-corrected chi connectivity index (χ2v) is 5.00. The summed E-state index contributed by atoms with van der Waals surface area (Å²) in [6.45, 7) is 0. The van der Waals surface area contributed by atoms with E-state index in [1.807, 2.05) is 38.4 Å². The number of nitrogens with zero attached hydrogens (tertiary/aromatic N) is 4. The van der Waals surface area contributed by atoms with E-state index in [4.69, 9.17) is 0 Å². The molecule has 0 saturated carbocycles. The molecule has 19 heavy (non-hydrogen) atoms. The summed E-state index contributed by atoms with van der Waals surface area (Å²) in [7, 11) is 4.02. The molecule has 0 amide bonds. The van der Waals surface area contributed by atoms with Crippen LogP contribution in [0.25, 0.3) is 0 Å². The van der Waals surface area contributed by atoms with Crippen molar-refractivity contribution in [3.63, 3.8) is 0 Å². The van der Waals surface area contributed by atoms with Crippen LogP contribution in [0.1, 0.15) is 5.56 Å². The van der Waals surface area contributed by atoms with Crippen molar-refractivity contribution in [2.24, 2.45) is 5.10 Å². The third-order valence-corrected chi connectivity index (χ3v) is 2.82. The van der Waals surface area contributed by atoms with Crippen LogP contribution in [0.3, 0.4) is 0 Å². The van der Waals surface area contributed by atoms with E-state index in [-0.39, 0.29) is 0 Å². The number of nitrogens with one attached hydrogen (secondary N) is 1. The topological polar surface area (TPSA) is 53.4 Å². The predicted octanol–water partition coefficient (Wildman–Crippen LogP) is 2.75. The fourth-order valence-corrected chi connectivity index (χ4v) is 1.60. The SMILES string of the molecule is CN(C)c1ccc(/C=N\Nc2ncc(Br)cn2)cc1. The van der Waals surface area contributed by atoms with Crippen LogP contribution in [-0.4, -0.2) is 30.3 Å². The largest absolute Gasteiger partial charge is 0.378 e. The van der Waals surface area contributed by atoms with Crippen molar-refractivity contribution in [1.29, 1.82) is 0 Å². The molecule has 0 bridgehead atoms. The molecule has 0 aliphatic carbocycles. The van der Waals surface area contributed by atoms with E-state index in [1.54, 1.807) is 18.6 Å². The molecule has 0 fully saturated rings. The molecule has 2 rings (SSSR count). The van der Waals surface area contributed by atoms with E-state index in [2.05, 4.69) is 41.3 Å². The molecule has 0 radical (unpaired) electrons. The van der Waals surface area contributed by atoms with Gasteiger partial charge in [0.1, 0.15) is 0 Å². The maximum absolute atomic E-state index is 4.09. The standard InChI is InChI=1S/C13H14BrN5/c1-19(2)12-5-3-10(4-6-12)7-17-18-13-15-8-11(14)9-16-13/h3-9H,1-2H3,(H,15,16,18)/b17-7-. The number of hydrazone groups is 1. The van der Waals surface area contributed by atoms with Gasteiger partial charge in [0.05, 0.1) is 10.7 Å². The third-order valence-electron chi connectivity index (χ3n) is 2.41. The van der Waals surface area contributed by atoms with Crippen LogP contribution in [0.5, 0.6) is 0 Å². The molecule has 1 aromatic carbocycles. The third kappa shape index (κ3) is 4.03. The van der Waals surface area contributed by atoms with Gasteiger partial charge in [-0.1, -0.05) is 12.1 Å². The molecule has 0 aliphatic heterocycles. The van der Waals surface area contributed by atoms with Gasteiger partial charge in [-0.2, -0.15) is 5.10 Å². The molecule has 0 saturated heterocycles. The summed E-state index contributed by atoms with van der Waals surface area (Å²) in [5, 5.41) is 4.09. The minimum atomic E-state index is 0.462. The van der Waals surface area contributed by atoms with Gasteiger partial charge in [-0.15, -0.1) is 0 Å². The molecule has 1 N–H and O–H groups in total. The molecule has 1 aromatic heterocycles. The number of hydrogen-bond acceptors (Lipinski definition) is 5. The van der Waals surface area contributed by atoms with Crippen LogP contribution >= 0.6 is 15.9 Å². The lowest BCUT2D eigenvalue weighted by atomic mass is 10.2. The van der Waals surface area contributed by atoms with E-state index in [0.717, 1.165) is 15.7 Å². The first kappa shape index (κ1) is 13.5. The predicted molar refractivity (Wildman–Crippen MR) is 81.7 cm³/mol. The zero-order chi connectivity index (χ0) is 13.7. The monoisotopic (exact) mass is 319 g/mol. The molecule has 0 unspecified atom stereocenters. The molecule has 0 aliphatic rings. The van der Waals surface area contributed by atoms with Crippen molar-refractivity contribution >= 4 is 33.8 Å². The van der Waals surface area contributed by atoms with Crippen molar-refractivity contribution < 1.29 is 0 Å². The van der Waals surface area contributed by atoms with Crippen molar-refractivity contribution in [3.05, 3.63) is 46.7 Å². The summed E-state index contributed by atoms with van der Waals surface area (Å²) < 4.78 is 0.835. The maximum atomic E-state index is 4.09. The van der Waals surface area contributed by atoms with Crippen LogP contribution in [-0.2, 0) is 0 Å². The van der Waals surface area contributed by atoms with Crippen molar-refractivity contribution in [1.82, 2.24) is 9.97 Å². The Morgan fingerprint density at radius 1 is 1.16 bits per heavy atom. The lowest BCUT2D eigenvalue weighted by Crippen LogP contribution is -2.08. The molecular weight excluding hydrogens is 306 g/mol. The highest BCUT2D eigenvalue weighted by atomic mass is 79.9. The zero-order valence-corrected chi connectivity index (χ0v) is 12.3. The van der Waals surface area contributed by atoms with Gasteiger partial charge in [-0.05, 0) is 33.6 Å². The van der Waals surface area contributed by atoms with Crippen LogP contribution in [0.4, 0.5) is 11.6 Å². The lowest BCUT2D eigenvalue weighted by molar-refractivity contribution is 1.11. The number of anilines is 2. The van der Waals surface area contributed by atoms with E-state index in [9.17, 15) is 0 Å². The maximum Gasteiger partial charge on any atom is 0.243 e. The molecule has 1 heterocycles.